The summed E-state index contributed by atoms with van der Waals surface area (Å²) in [4.78, 5) is 0. The standard InChI is InChI=1S/C15H30/c1-8-9-15(7)10-13(12(15)4)14(5,6)11(2)3/h11-13H,8-10H2,1-7H3. The highest BCUT2D eigenvalue weighted by molar-refractivity contribution is 5.02. The van der Waals surface area contributed by atoms with Gasteiger partial charge in [-0.1, -0.05) is 54.9 Å². The topological polar surface area (TPSA) is 0 Å². The van der Waals surface area contributed by atoms with Crippen molar-refractivity contribution in [2.45, 2.75) is 67.7 Å². The van der Waals surface area contributed by atoms with Crippen LogP contribution in [0.1, 0.15) is 67.7 Å². The third kappa shape index (κ3) is 2.10. The summed E-state index contributed by atoms with van der Waals surface area (Å²) in [6.07, 6.45) is 4.21. The molecule has 0 amide bonds. The Bertz CT molecular complexity index is 214. The van der Waals surface area contributed by atoms with Gasteiger partial charge in [0.05, 0.1) is 0 Å². The van der Waals surface area contributed by atoms with Crippen LogP contribution in [-0.4, -0.2) is 0 Å². The SMILES string of the molecule is CCCC1(C)CC(C(C)(C)C(C)C)C1C. The maximum absolute atomic E-state index is 2.49. The van der Waals surface area contributed by atoms with E-state index in [2.05, 4.69) is 48.5 Å². The zero-order valence-electron chi connectivity index (χ0n) is 11.9. The van der Waals surface area contributed by atoms with Crippen LogP contribution in [0.5, 0.6) is 0 Å². The van der Waals surface area contributed by atoms with Crippen LogP contribution in [0.2, 0.25) is 0 Å². The second-order valence-electron chi connectivity index (χ2n) is 6.98. The molecule has 0 heteroatoms. The first-order valence-electron chi connectivity index (χ1n) is 6.75. The highest BCUT2D eigenvalue weighted by Crippen LogP contribution is 2.61. The summed E-state index contributed by atoms with van der Waals surface area (Å²) >= 11 is 0. The summed E-state index contributed by atoms with van der Waals surface area (Å²) in [6, 6.07) is 0. The highest BCUT2D eigenvalue weighted by Gasteiger charge is 2.53. The predicted molar refractivity (Wildman–Crippen MR) is 68.9 cm³/mol. The Morgan fingerprint density at radius 1 is 1.33 bits per heavy atom. The summed E-state index contributed by atoms with van der Waals surface area (Å²) in [6.45, 7) is 17.0. The van der Waals surface area contributed by atoms with Crippen LogP contribution in [0.25, 0.3) is 0 Å². The molecule has 0 nitrogen and oxygen atoms in total. The molecule has 1 aliphatic carbocycles. The van der Waals surface area contributed by atoms with Crippen LogP contribution in [-0.2, 0) is 0 Å². The molecule has 0 aliphatic heterocycles. The number of rotatable bonds is 4. The lowest BCUT2D eigenvalue weighted by molar-refractivity contribution is -0.101. The quantitative estimate of drug-likeness (QED) is 0.603. The van der Waals surface area contributed by atoms with E-state index in [9.17, 15) is 0 Å². The molecule has 0 aromatic carbocycles. The van der Waals surface area contributed by atoms with E-state index >= 15 is 0 Å². The lowest BCUT2D eigenvalue weighted by Gasteiger charge is -2.59. The third-order valence-corrected chi connectivity index (χ3v) is 5.65. The highest BCUT2D eigenvalue weighted by atomic mass is 14.6. The molecule has 3 atom stereocenters. The van der Waals surface area contributed by atoms with Crippen LogP contribution < -0.4 is 0 Å². The fraction of sp³-hybridized carbons (Fsp3) is 1.00. The van der Waals surface area contributed by atoms with E-state index in [4.69, 9.17) is 0 Å². The molecule has 0 spiro atoms. The average molecular weight is 210 g/mol. The zero-order chi connectivity index (χ0) is 11.9. The van der Waals surface area contributed by atoms with Crippen molar-refractivity contribution in [3.8, 4) is 0 Å². The van der Waals surface area contributed by atoms with Gasteiger partial charge in [0.1, 0.15) is 0 Å². The minimum atomic E-state index is 0.521. The van der Waals surface area contributed by atoms with Gasteiger partial charge in [0.2, 0.25) is 0 Å². The molecule has 0 saturated heterocycles. The van der Waals surface area contributed by atoms with Gasteiger partial charge in [0, 0.05) is 0 Å². The monoisotopic (exact) mass is 210 g/mol. The maximum atomic E-state index is 2.49. The normalized spacial score (nSPS) is 36.8. The predicted octanol–water partition coefficient (Wildman–Crippen LogP) is 5.13. The summed E-state index contributed by atoms with van der Waals surface area (Å²) in [7, 11) is 0. The molecule has 0 aromatic rings. The number of hydrogen-bond acceptors (Lipinski definition) is 0. The molecule has 0 bridgehead atoms. The van der Waals surface area contributed by atoms with Gasteiger partial charge in [-0.2, -0.15) is 0 Å². The van der Waals surface area contributed by atoms with Crippen molar-refractivity contribution in [3.05, 3.63) is 0 Å². The first-order chi connectivity index (χ1) is 6.75. The first kappa shape index (κ1) is 13.1. The molecule has 1 rings (SSSR count). The van der Waals surface area contributed by atoms with Gasteiger partial charge in [-0.05, 0) is 41.4 Å². The van der Waals surface area contributed by atoms with E-state index in [0.29, 0.717) is 10.8 Å². The van der Waals surface area contributed by atoms with E-state index in [-0.39, 0.29) is 0 Å². The lowest BCUT2D eigenvalue weighted by Crippen LogP contribution is -2.51. The third-order valence-electron chi connectivity index (χ3n) is 5.65. The number of hydrogen-bond donors (Lipinski definition) is 0. The van der Waals surface area contributed by atoms with E-state index in [1.807, 2.05) is 0 Å². The fourth-order valence-electron chi connectivity index (χ4n) is 3.43. The molecule has 3 unspecified atom stereocenters. The van der Waals surface area contributed by atoms with Crippen molar-refractivity contribution in [1.29, 1.82) is 0 Å². The minimum absolute atomic E-state index is 0.521. The molecule has 1 fully saturated rings. The van der Waals surface area contributed by atoms with Crippen molar-refractivity contribution in [1.82, 2.24) is 0 Å². The van der Waals surface area contributed by atoms with E-state index in [0.717, 1.165) is 17.8 Å². The maximum Gasteiger partial charge on any atom is -0.0294 e. The Kier molecular flexibility index (Phi) is 3.58. The van der Waals surface area contributed by atoms with E-state index in [1.54, 1.807) is 0 Å². The van der Waals surface area contributed by atoms with Crippen LogP contribution >= 0.6 is 0 Å². The van der Waals surface area contributed by atoms with Crippen LogP contribution in [0, 0.1) is 28.6 Å². The van der Waals surface area contributed by atoms with E-state index in [1.165, 1.54) is 19.3 Å². The molecule has 15 heavy (non-hydrogen) atoms. The molecular weight excluding hydrogens is 180 g/mol. The molecule has 1 aliphatic rings. The molecular formula is C15H30. The first-order valence-corrected chi connectivity index (χ1v) is 6.75. The van der Waals surface area contributed by atoms with Gasteiger partial charge in [-0.3, -0.25) is 0 Å². The Morgan fingerprint density at radius 3 is 2.20 bits per heavy atom. The summed E-state index contributed by atoms with van der Waals surface area (Å²) < 4.78 is 0. The largest absolute Gasteiger partial charge is 0.0654 e. The van der Waals surface area contributed by atoms with Gasteiger partial charge in [0.15, 0.2) is 0 Å². The Balaban J connectivity index is 2.66. The Labute approximate surface area is 96.8 Å². The molecule has 1 saturated carbocycles. The molecule has 90 valence electrons. The smallest absolute Gasteiger partial charge is 0.0294 e. The fourth-order valence-corrected chi connectivity index (χ4v) is 3.43. The van der Waals surface area contributed by atoms with Gasteiger partial charge in [0.25, 0.3) is 0 Å². The van der Waals surface area contributed by atoms with Crippen LogP contribution in [0.15, 0.2) is 0 Å². The second-order valence-corrected chi connectivity index (χ2v) is 6.98. The van der Waals surface area contributed by atoms with Gasteiger partial charge >= 0.3 is 0 Å². The zero-order valence-corrected chi connectivity index (χ0v) is 11.9. The lowest BCUT2D eigenvalue weighted by atomic mass is 9.46. The van der Waals surface area contributed by atoms with Crippen molar-refractivity contribution in [2.75, 3.05) is 0 Å². The summed E-state index contributed by atoms with van der Waals surface area (Å²) in [5.41, 5.74) is 1.16. The second kappa shape index (κ2) is 4.11. The minimum Gasteiger partial charge on any atom is -0.0654 e. The average Bonchev–Trinajstić information content (AvgIpc) is 2.14. The molecule has 0 radical (unpaired) electrons. The summed E-state index contributed by atoms with van der Waals surface area (Å²) in [5.74, 6) is 2.65. The van der Waals surface area contributed by atoms with Gasteiger partial charge in [-0.25, -0.2) is 0 Å². The van der Waals surface area contributed by atoms with Crippen molar-refractivity contribution in [3.63, 3.8) is 0 Å². The van der Waals surface area contributed by atoms with Gasteiger partial charge < -0.3 is 0 Å². The van der Waals surface area contributed by atoms with Crippen LogP contribution in [0.3, 0.4) is 0 Å². The Hall–Kier alpha value is 0. The van der Waals surface area contributed by atoms with Gasteiger partial charge in [-0.15, -0.1) is 0 Å². The molecule has 0 aromatic heterocycles. The molecule has 0 heterocycles. The van der Waals surface area contributed by atoms with Crippen molar-refractivity contribution in [2.24, 2.45) is 28.6 Å². The Morgan fingerprint density at radius 2 is 1.87 bits per heavy atom. The molecule has 0 N–H and O–H groups in total. The van der Waals surface area contributed by atoms with Crippen molar-refractivity contribution < 1.29 is 0 Å². The van der Waals surface area contributed by atoms with E-state index < -0.39 is 0 Å². The summed E-state index contributed by atoms with van der Waals surface area (Å²) in [5, 5.41) is 0. The van der Waals surface area contributed by atoms with Crippen LogP contribution in [0.4, 0.5) is 0 Å². The van der Waals surface area contributed by atoms with Crippen molar-refractivity contribution >= 4 is 0 Å².